The van der Waals surface area contributed by atoms with Crippen LogP contribution in [0.3, 0.4) is 0 Å². The van der Waals surface area contributed by atoms with E-state index in [9.17, 15) is 9.59 Å². The lowest BCUT2D eigenvalue weighted by Gasteiger charge is -2.37. The minimum absolute atomic E-state index is 0.0418. The van der Waals surface area contributed by atoms with Crippen molar-refractivity contribution in [3.8, 4) is 5.75 Å². The van der Waals surface area contributed by atoms with Crippen molar-refractivity contribution in [1.82, 2.24) is 9.88 Å². The number of fused-ring (bicyclic) bond motifs is 2. The highest BCUT2D eigenvalue weighted by atomic mass is 35.5. The summed E-state index contributed by atoms with van der Waals surface area (Å²) in [6.45, 7) is 8.89. The lowest BCUT2D eigenvalue weighted by Crippen LogP contribution is -2.48. The maximum absolute atomic E-state index is 13.0. The Labute approximate surface area is 245 Å². The van der Waals surface area contributed by atoms with Crippen molar-refractivity contribution in [2.75, 3.05) is 25.1 Å². The molecule has 0 spiro atoms. The van der Waals surface area contributed by atoms with E-state index < -0.39 is 17.7 Å². The second kappa shape index (κ2) is 11.1. The molecule has 3 atom stereocenters. The molecule has 0 N–H and O–H groups in total. The zero-order valence-electron chi connectivity index (χ0n) is 23.5. The van der Waals surface area contributed by atoms with E-state index in [0.717, 1.165) is 41.9 Å². The van der Waals surface area contributed by atoms with Crippen molar-refractivity contribution in [3.63, 3.8) is 0 Å². The van der Waals surface area contributed by atoms with Crippen LogP contribution < -0.4 is 9.64 Å². The smallest absolute Gasteiger partial charge is 0.411 e. The van der Waals surface area contributed by atoms with Gasteiger partial charge in [-0.1, -0.05) is 23.2 Å². The SMILES string of the molecule is COC(=O)C1=C(c2ccc(N3CC[C@@H](Oc4c(Cl)cc(C)cc4Cl)C3)nc2)C[C@@H]2CC[C@H]1N2C(=O)OC(C)(C)C. The first-order valence-electron chi connectivity index (χ1n) is 13.6. The topological polar surface area (TPSA) is 81.2 Å². The number of nitrogens with zero attached hydrogens (tertiary/aromatic N) is 3. The third-order valence-corrected chi connectivity index (χ3v) is 8.16. The normalized spacial score (nSPS) is 22.5. The number of carbonyl (C=O) groups excluding carboxylic acids is 2. The molecule has 3 aliphatic rings. The van der Waals surface area contributed by atoms with Gasteiger partial charge in [0.05, 0.1) is 35.3 Å². The van der Waals surface area contributed by atoms with Crippen LogP contribution in [-0.4, -0.2) is 65.9 Å². The van der Waals surface area contributed by atoms with Crippen LogP contribution in [0.2, 0.25) is 10.0 Å². The van der Waals surface area contributed by atoms with Crippen LogP contribution in [-0.2, 0) is 14.3 Å². The molecule has 0 radical (unpaired) electrons. The van der Waals surface area contributed by atoms with Gasteiger partial charge in [0.25, 0.3) is 0 Å². The molecule has 1 aromatic carbocycles. The second-order valence-corrected chi connectivity index (χ2v) is 12.5. The molecule has 214 valence electrons. The first kappa shape index (κ1) is 28.6. The molecule has 8 nitrogen and oxygen atoms in total. The van der Waals surface area contributed by atoms with Crippen LogP contribution >= 0.6 is 23.2 Å². The van der Waals surface area contributed by atoms with Crippen LogP contribution in [0.15, 0.2) is 36.0 Å². The molecular weight excluding hydrogens is 553 g/mol. The third kappa shape index (κ3) is 5.75. The number of rotatable bonds is 5. The Morgan fingerprint density at radius 3 is 2.42 bits per heavy atom. The Morgan fingerprint density at radius 2 is 1.80 bits per heavy atom. The van der Waals surface area contributed by atoms with Crippen molar-refractivity contribution < 1.29 is 23.8 Å². The van der Waals surface area contributed by atoms with E-state index >= 15 is 0 Å². The molecule has 10 heteroatoms. The number of halogens is 2. The van der Waals surface area contributed by atoms with Gasteiger partial charge in [0.1, 0.15) is 17.5 Å². The molecule has 2 saturated heterocycles. The lowest BCUT2D eigenvalue weighted by molar-refractivity contribution is -0.136. The molecule has 0 saturated carbocycles. The minimum Gasteiger partial charge on any atom is -0.485 e. The predicted octanol–water partition coefficient (Wildman–Crippen LogP) is 6.45. The molecule has 1 aromatic heterocycles. The summed E-state index contributed by atoms with van der Waals surface area (Å²) in [7, 11) is 1.37. The maximum atomic E-state index is 13.0. The van der Waals surface area contributed by atoms with Crippen molar-refractivity contribution in [3.05, 3.63) is 57.2 Å². The summed E-state index contributed by atoms with van der Waals surface area (Å²) < 4.78 is 17.0. The van der Waals surface area contributed by atoms with Crippen LogP contribution in [0.4, 0.5) is 10.6 Å². The fraction of sp³-hybridized carbons (Fsp3) is 0.500. The van der Waals surface area contributed by atoms with Gasteiger partial charge in [0, 0.05) is 25.2 Å². The molecule has 3 aliphatic heterocycles. The van der Waals surface area contributed by atoms with Gasteiger partial charge in [0.15, 0.2) is 5.75 Å². The molecule has 2 bridgehead atoms. The van der Waals surface area contributed by atoms with Crippen molar-refractivity contribution >= 4 is 46.7 Å². The molecule has 0 unspecified atom stereocenters. The fourth-order valence-corrected chi connectivity index (χ4v) is 6.58. The van der Waals surface area contributed by atoms with Gasteiger partial charge in [0.2, 0.25) is 0 Å². The molecule has 0 aliphatic carbocycles. The molecule has 2 aromatic rings. The van der Waals surface area contributed by atoms with Crippen LogP contribution in [0, 0.1) is 6.92 Å². The van der Waals surface area contributed by atoms with E-state index in [4.69, 9.17) is 42.4 Å². The number of methoxy groups -OCH3 is 1. The van der Waals surface area contributed by atoms with Gasteiger partial charge < -0.3 is 19.1 Å². The summed E-state index contributed by atoms with van der Waals surface area (Å²) in [5, 5.41) is 1.01. The Hall–Kier alpha value is -2.97. The van der Waals surface area contributed by atoms with Gasteiger partial charge in [-0.15, -0.1) is 0 Å². The highest BCUT2D eigenvalue weighted by Gasteiger charge is 2.48. The number of hydrogen-bond acceptors (Lipinski definition) is 7. The zero-order valence-corrected chi connectivity index (χ0v) is 25.0. The minimum atomic E-state index is -0.621. The standard InChI is InChI=1S/C30H35Cl2N3O5/c1-17-12-22(31)27(23(32)13-17)39-20-10-11-34(16-20)25-9-6-18(15-33-25)21-14-19-7-8-24(26(21)28(36)38-5)35(19)29(37)40-30(2,3)4/h6,9,12-13,15,19-20,24H,7-8,10-11,14,16H2,1-5H3/t19-,20+,24+/m0/s1. The number of ether oxygens (including phenoxy) is 3. The maximum Gasteiger partial charge on any atom is 0.411 e. The average Bonchev–Trinajstić information content (AvgIpc) is 3.48. The van der Waals surface area contributed by atoms with Crippen LogP contribution in [0.25, 0.3) is 5.57 Å². The quantitative estimate of drug-likeness (QED) is 0.371. The highest BCUT2D eigenvalue weighted by molar-refractivity contribution is 6.37. The van der Waals surface area contributed by atoms with Gasteiger partial charge in [-0.2, -0.15) is 0 Å². The largest absolute Gasteiger partial charge is 0.485 e. The Bertz CT molecular complexity index is 1310. The number of aryl methyl sites for hydroxylation is 1. The number of carbonyl (C=O) groups is 2. The van der Waals surface area contributed by atoms with Crippen molar-refractivity contribution in [2.45, 2.75) is 77.2 Å². The number of amides is 1. The number of hydrogen-bond donors (Lipinski definition) is 0. The molecule has 4 heterocycles. The Kier molecular flexibility index (Phi) is 7.94. The fourth-order valence-electron chi connectivity index (χ4n) is 5.90. The van der Waals surface area contributed by atoms with E-state index in [1.54, 1.807) is 11.1 Å². The second-order valence-electron chi connectivity index (χ2n) is 11.7. The number of aromatic nitrogens is 1. The molecule has 5 rings (SSSR count). The van der Waals surface area contributed by atoms with E-state index in [1.165, 1.54) is 7.11 Å². The summed E-state index contributed by atoms with van der Waals surface area (Å²) in [4.78, 5) is 34.7. The predicted molar refractivity (Wildman–Crippen MR) is 155 cm³/mol. The van der Waals surface area contributed by atoms with E-state index in [1.807, 2.05) is 52.0 Å². The lowest BCUT2D eigenvalue weighted by atomic mass is 9.89. The van der Waals surface area contributed by atoms with Gasteiger partial charge in [-0.3, -0.25) is 4.90 Å². The van der Waals surface area contributed by atoms with E-state index in [-0.39, 0.29) is 18.2 Å². The summed E-state index contributed by atoms with van der Waals surface area (Å²) >= 11 is 12.8. The number of anilines is 1. The molecular formula is C30H35Cl2N3O5. The number of pyridine rings is 1. The Balaban J connectivity index is 1.34. The molecule has 1 amide bonds. The van der Waals surface area contributed by atoms with Crippen LogP contribution in [0.1, 0.15) is 57.6 Å². The van der Waals surface area contributed by atoms with Crippen LogP contribution in [0.5, 0.6) is 5.75 Å². The summed E-state index contributed by atoms with van der Waals surface area (Å²) in [5.41, 5.74) is 2.61. The third-order valence-electron chi connectivity index (χ3n) is 7.60. The van der Waals surface area contributed by atoms with Gasteiger partial charge in [-0.25, -0.2) is 14.6 Å². The first-order chi connectivity index (χ1) is 18.9. The highest BCUT2D eigenvalue weighted by Crippen LogP contribution is 2.44. The zero-order chi connectivity index (χ0) is 28.8. The van der Waals surface area contributed by atoms with E-state index in [2.05, 4.69) is 4.90 Å². The average molecular weight is 589 g/mol. The number of benzene rings is 1. The van der Waals surface area contributed by atoms with Crippen molar-refractivity contribution in [2.24, 2.45) is 0 Å². The first-order valence-corrected chi connectivity index (χ1v) is 14.4. The summed E-state index contributed by atoms with van der Waals surface area (Å²) in [6, 6.07) is 7.22. The summed E-state index contributed by atoms with van der Waals surface area (Å²) in [5.74, 6) is 0.912. The molecule has 40 heavy (non-hydrogen) atoms. The van der Waals surface area contributed by atoms with Crippen molar-refractivity contribution in [1.29, 1.82) is 0 Å². The summed E-state index contributed by atoms with van der Waals surface area (Å²) in [6.07, 6.45) is 4.17. The van der Waals surface area contributed by atoms with Gasteiger partial charge >= 0.3 is 12.1 Å². The molecule has 2 fully saturated rings. The van der Waals surface area contributed by atoms with Gasteiger partial charge in [-0.05, 0) is 87.9 Å². The Morgan fingerprint density at radius 1 is 1.07 bits per heavy atom. The number of esters is 1. The monoisotopic (exact) mass is 587 g/mol. The van der Waals surface area contributed by atoms with E-state index in [0.29, 0.717) is 40.8 Å².